The van der Waals surface area contributed by atoms with Crippen LogP contribution in [-0.2, 0) is 14.3 Å². The van der Waals surface area contributed by atoms with Crippen molar-refractivity contribution >= 4 is 23.5 Å². The molecule has 1 saturated heterocycles. The molecule has 35 heavy (non-hydrogen) atoms. The van der Waals surface area contributed by atoms with Crippen LogP contribution in [0.1, 0.15) is 75.6 Å². The van der Waals surface area contributed by atoms with Crippen molar-refractivity contribution in [1.29, 1.82) is 0 Å². The number of fused-ring (bicyclic) bond motifs is 5. The number of anilines is 1. The van der Waals surface area contributed by atoms with Crippen LogP contribution in [0, 0.1) is 34.5 Å². The predicted octanol–water partition coefficient (Wildman–Crippen LogP) is 4.92. The Hall–Kier alpha value is -2.37. The van der Waals surface area contributed by atoms with Crippen LogP contribution in [0.15, 0.2) is 24.3 Å². The highest BCUT2D eigenvalue weighted by atomic mass is 16.5. The van der Waals surface area contributed by atoms with Gasteiger partial charge in [-0.3, -0.25) is 9.59 Å². The van der Waals surface area contributed by atoms with Gasteiger partial charge in [0.25, 0.3) is 0 Å². The summed E-state index contributed by atoms with van der Waals surface area (Å²) in [5.74, 6) is 2.03. The van der Waals surface area contributed by atoms with Gasteiger partial charge < -0.3 is 14.5 Å². The molecule has 0 aromatic heterocycles. The first-order chi connectivity index (χ1) is 16.6. The van der Waals surface area contributed by atoms with Crippen molar-refractivity contribution in [3.8, 4) is 0 Å². The Balaban J connectivity index is 1.34. The zero-order valence-electron chi connectivity index (χ0n) is 21.9. The molecule has 2 amide bonds. The summed E-state index contributed by atoms with van der Waals surface area (Å²) in [6.07, 6.45) is 8.28. The van der Waals surface area contributed by atoms with E-state index in [1.807, 2.05) is 26.2 Å². The molecule has 1 heterocycles. The van der Waals surface area contributed by atoms with Gasteiger partial charge in [-0.2, -0.15) is 0 Å². The molecule has 190 valence electrons. The number of carbonyl (C=O) groups is 3. The molecule has 6 nitrogen and oxygen atoms in total. The van der Waals surface area contributed by atoms with Crippen molar-refractivity contribution in [1.82, 2.24) is 4.90 Å². The van der Waals surface area contributed by atoms with Crippen LogP contribution in [0.4, 0.5) is 5.69 Å². The lowest BCUT2D eigenvalue weighted by Crippen LogP contribution is -2.61. The first-order valence-electron chi connectivity index (χ1n) is 13.3. The average Bonchev–Trinajstić information content (AvgIpc) is 3.22. The summed E-state index contributed by atoms with van der Waals surface area (Å²) in [4.78, 5) is 41.8. The van der Waals surface area contributed by atoms with Crippen molar-refractivity contribution in [2.45, 2.75) is 71.3 Å². The highest BCUT2D eigenvalue weighted by Gasteiger charge is 2.62. The zero-order valence-corrected chi connectivity index (χ0v) is 21.9. The summed E-state index contributed by atoms with van der Waals surface area (Å²) >= 11 is 0. The Labute approximate surface area is 209 Å². The summed E-state index contributed by atoms with van der Waals surface area (Å²) in [7, 11) is 5.24. The van der Waals surface area contributed by atoms with Crippen LogP contribution in [-0.4, -0.2) is 49.9 Å². The van der Waals surface area contributed by atoms with Crippen LogP contribution in [0.5, 0.6) is 0 Å². The predicted molar refractivity (Wildman–Crippen MR) is 135 cm³/mol. The minimum absolute atomic E-state index is 0.0258. The maximum absolute atomic E-state index is 13.8. The van der Waals surface area contributed by atoms with E-state index in [2.05, 4.69) is 18.7 Å². The lowest BCUT2D eigenvalue weighted by molar-refractivity contribution is -0.159. The van der Waals surface area contributed by atoms with Crippen LogP contribution >= 0.6 is 0 Å². The Morgan fingerprint density at radius 1 is 0.971 bits per heavy atom. The molecular weight excluding hydrogens is 440 g/mol. The summed E-state index contributed by atoms with van der Waals surface area (Å²) in [6, 6.07) is 7.48. The van der Waals surface area contributed by atoms with Gasteiger partial charge in [0.05, 0.1) is 12.7 Å². The summed E-state index contributed by atoms with van der Waals surface area (Å²) in [6.45, 7) is 4.83. The second-order valence-electron chi connectivity index (χ2n) is 12.1. The van der Waals surface area contributed by atoms with Crippen LogP contribution in [0.2, 0.25) is 0 Å². The Kier molecular flexibility index (Phi) is 6.00. The molecule has 7 atom stereocenters. The highest BCUT2D eigenvalue weighted by Crippen LogP contribution is 2.66. The number of likely N-dealkylation sites (tertiary alicyclic amines) is 1. The van der Waals surface area contributed by atoms with Crippen molar-refractivity contribution in [2.24, 2.45) is 34.5 Å². The molecule has 4 fully saturated rings. The number of rotatable bonds is 3. The fraction of sp³-hybridized carbons (Fsp3) is 0.690. The minimum Gasteiger partial charge on any atom is -0.465 e. The number of piperidine rings is 1. The van der Waals surface area contributed by atoms with Gasteiger partial charge in [0, 0.05) is 38.2 Å². The van der Waals surface area contributed by atoms with Gasteiger partial charge >= 0.3 is 5.97 Å². The van der Waals surface area contributed by atoms with Gasteiger partial charge in [-0.1, -0.05) is 13.8 Å². The van der Waals surface area contributed by atoms with Crippen molar-refractivity contribution < 1.29 is 19.1 Å². The lowest BCUT2D eigenvalue weighted by atomic mass is 9.47. The number of amides is 2. The van der Waals surface area contributed by atoms with E-state index in [0.29, 0.717) is 41.7 Å². The van der Waals surface area contributed by atoms with Crippen LogP contribution in [0.25, 0.3) is 0 Å². The third kappa shape index (κ3) is 3.62. The van der Waals surface area contributed by atoms with Gasteiger partial charge in [0.1, 0.15) is 0 Å². The number of hydrogen-bond donors (Lipinski definition) is 0. The molecule has 3 saturated carbocycles. The molecule has 2 unspecified atom stereocenters. The van der Waals surface area contributed by atoms with E-state index in [0.717, 1.165) is 44.2 Å². The number of methoxy groups -OCH3 is 1. The second kappa shape index (κ2) is 8.63. The summed E-state index contributed by atoms with van der Waals surface area (Å²) in [5.41, 5.74) is 1.53. The van der Waals surface area contributed by atoms with E-state index in [1.165, 1.54) is 13.5 Å². The van der Waals surface area contributed by atoms with E-state index >= 15 is 0 Å². The Morgan fingerprint density at radius 3 is 2.34 bits per heavy atom. The normalized spacial score (nSPS) is 38.3. The first kappa shape index (κ1) is 24.3. The van der Waals surface area contributed by atoms with Crippen molar-refractivity contribution in [3.05, 3.63) is 29.8 Å². The lowest BCUT2D eigenvalue weighted by Gasteiger charge is -2.61. The van der Waals surface area contributed by atoms with Gasteiger partial charge in [-0.25, -0.2) is 4.79 Å². The molecule has 3 aliphatic carbocycles. The molecular formula is C29H40N2O4. The number of nitrogens with zero attached hydrogens (tertiary/aromatic N) is 2. The maximum Gasteiger partial charge on any atom is 0.337 e. The third-order valence-corrected chi connectivity index (χ3v) is 10.9. The monoisotopic (exact) mass is 480 g/mol. The smallest absolute Gasteiger partial charge is 0.337 e. The average molecular weight is 481 g/mol. The number of carbonyl (C=O) groups excluding carboxylic acids is 3. The van der Waals surface area contributed by atoms with Crippen LogP contribution in [0.3, 0.4) is 0 Å². The molecule has 0 bridgehead atoms. The number of hydrogen-bond acceptors (Lipinski definition) is 4. The van der Waals surface area contributed by atoms with Gasteiger partial charge in [-0.15, -0.1) is 0 Å². The molecule has 0 spiro atoms. The summed E-state index contributed by atoms with van der Waals surface area (Å²) in [5, 5.41) is 0. The fourth-order valence-electron chi connectivity index (χ4n) is 8.86. The molecule has 1 aliphatic heterocycles. The van der Waals surface area contributed by atoms with Crippen molar-refractivity contribution in [3.63, 3.8) is 0 Å². The molecule has 6 heteroatoms. The first-order valence-corrected chi connectivity index (χ1v) is 13.3. The summed E-state index contributed by atoms with van der Waals surface area (Å²) < 4.78 is 4.79. The zero-order chi connectivity index (χ0) is 25.1. The topological polar surface area (TPSA) is 66.9 Å². The second-order valence-corrected chi connectivity index (χ2v) is 12.1. The minimum atomic E-state index is -0.370. The third-order valence-electron chi connectivity index (χ3n) is 10.9. The van der Waals surface area contributed by atoms with Crippen molar-refractivity contribution in [2.75, 3.05) is 26.1 Å². The fourth-order valence-corrected chi connectivity index (χ4v) is 8.86. The van der Waals surface area contributed by atoms with Gasteiger partial charge in [0.2, 0.25) is 11.8 Å². The SMILES string of the molecule is COC(=O)c1ccc(N(C)C(=O)C2CC[C@H]3[C@@H]4CCC5N(C)C(=O)CC[C@]5(C)[C@@H]4CC[C@]23C)cc1. The van der Waals surface area contributed by atoms with Gasteiger partial charge in [-0.05, 0) is 97.8 Å². The van der Waals surface area contributed by atoms with Gasteiger partial charge in [0.15, 0.2) is 0 Å². The standard InChI is InChI=1S/C29H40N2O4/c1-28-16-14-22-20(10-13-24-29(22,2)17-15-25(32)31(24)4)21(28)11-12-23(28)26(33)30(3)19-8-6-18(7-9-19)27(34)35-5/h6-9,20-24H,10-17H2,1-5H3/t20-,21-,22+,23?,24?,28-,29+/m0/s1. The molecule has 1 aromatic carbocycles. The van der Waals surface area contributed by atoms with E-state index < -0.39 is 0 Å². The van der Waals surface area contributed by atoms with E-state index in [1.54, 1.807) is 17.0 Å². The number of esters is 1. The quantitative estimate of drug-likeness (QED) is 0.576. The van der Waals surface area contributed by atoms with E-state index in [-0.39, 0.29) is 28.6 Å². The molecule has 0 radical (unpaired) electrons. The Bertz CT molecular complexity index is 1020. The molecule has 0 N–H and O–H groups in total. The van der Waals surface area contributed by atoms with E-state index in [9.17, 15) is 14.4 Å². The highest BCUT2D eigenvalue weighted by molar-refractivity contribution is 5.96. The molecule has 4 aliphatic rings. The number of benzene rings is 1. The Morgan fingerprint density at radius 2 is 1.66 bits per heavy atom. The molecule has 5 rings (SSSR count). The largest absolute Gasteiger partial charge is 0.465 e. The van der Waals surface area contributed by atoms with Crippen LogP contribution < -0.4 is 4.90 Å². The maximum atomic E-state index is 13.8. The molecule has 1 aromatic rings. The van der Waals surface area contributed by atoms with E-state index in [4.69, 9.17) is 4.74 Å². The number of ether oxygens (including phenoxy) is 1.